The number of halogens is 1. The summed E-state index contributed by atoms with van der Waals surface area (Å²) in [7, 11) is 0. The van der Waals surface area contributed by atoms with E-state index < -0.39 is 0 Å². The lowest BCUT2D eigenvalue weighted by Crippen LogP contribution is -2.04. The Hall–Kier alpha value is -0.550. The third kappa shape index (κ3) is 2.11. The minimum absolute atomic E-state index is 0.769. The molecule has 1 atom stereocenters. The minimum Gasteiger partial charge on any atom is -0.220 e. The summed E-state index contributed by atoms with van der Waals surface area (Å²) in [6.07, 6.45) is 4.28. The number of hydrogen-bond acceptors (Lipinski definition) is 3. The predicted molar refractivity (Wildman–Crippen MR) is 69.8 cm³/mol. The van der Waals surface area contributed by atoms with Gasteiger partial charge in [0.2, 0.25) is 0 Å². The maximum absolute atomic E-state index is 4.54. The van der Waals surface area contributed by atoms with Crippen molar-refractivity contribution in [3.8, 4) is 0 Å². The highest BCUT2D eigenvalue weighted by atomic mass is 79.9. The maximum Gasteiger partial charge on any atom is 0.155 e. The lowest BCUT2D eigenvalue weighted by molar-refractivity contribution is 0.575. The van der Waals surface area contributed by atoms with Crippen LogP contribution in [-0.4, -0.2) is 26.1 Å². The second-order valence-electron chi connectivity index (χ2n) is 4.11. The van der Waals surface area contributed by atoms with Gasteiger partial charge < -0.3 is 0 Å². The first kappa shape index (κ1) is 10.6. The molecule has 0 aromatic carbocycles. The molecule has 3 heterocycles. The summed E-state index contributed by atoms with van der Waals surface area (Å²) in [6, 6.07) is 3.99. The van der Waals surface area contributed by atoms with Crippen molar-refractivity contribution in [1.82, 2.24) is 14.6 Å². The highest BCUT2D eigenvalue weighted by Gasteiger charge is 2.18. The van der Waals surface area contributed by atoms with E-state index in [4.69, 9.17) is 0 Å². The van der Waals surface area contributed by atoms with Crippen molar-refractivity contribution >= 4 is 33.3 Å². The molecule has 0 bridgehead atoms. The van der Waals surface area contributed by atoms with Crippen molar-refractivity contribution in [3.05, 3.63) is 28.6 Å². The maximum atomic E-state index is 4.54. The van der Waals surface area contributed by atoms with E-state index in [9.17, 15) is 0 Å². The fourth-order valence-electron chi connectivity index (χ4n) is 1.99. The lowest BCUT2D eigenvalue weighted by Gasteiger charge is -2.02. The van der Waals surface area contributed by atoms with Crippen molar-refractivity contribution in [2.45, 2.75) is 12.8 Å². The van der Waals surface area contributed by atoms with E-state index in [0.29, 0.717) is 0 Å². The van der Waals surface area contributed by atoms with Gasteiger partial charge in [-0.25, -0.2) is 9.50 Å². The Labute approximate surface area is 107 Å². The summed E-state index contributed by atoms with van der Waals surface area (Å²) < 4.78 is 2.88. The Morgan fingerprint density at radius 2 is 2.44 bits per heavy atom. The number of nitrogens with zero attached hydrogens (tertiary/aromatic N) is 3. The van der Waals surface area contributed by atoms with Crippen LogP contribution >= 0.6 is 27.7 Å². The Balaban J connectivity index is 1.86. The molecule has 0 amide bonds. The fraction of sp³-hybridized carbons (Fsp3) is 0.455. The van der Waals surface area contributed by atoms with Crippen LogP contribution in [0.15, 0.2) is 22.8 Å². The smallest absolute Gasteiger partial charge is 0.155 e. The molecule has 0 aliphatic carbocycles. The van der Waals surface area contributed by atoms with Gasteiger partial charge in [-0.1, -0.05) is 0 Å². The highest BCUT2D eigenvalue weighted by Crippen LogP contribution is 2.25. The molecule has 0 saturated carbocycles. The van der Waals surface area contributed by atoms with Gasteiger partial charge >= 0.3 is 0 Å². The Morgan fingerprint density at radius 3 is 3.25 bits per heavy atom. The fourth-order valence-corrected chi connectivity index (χ4v) is 3.60. The molecule has 1 aliphatic rings. The van der Waals surface area contributed by atoms with Crippen LogP contribution < -0.4 is 0 Å². The molecule has 1 unspecified atom stereocenters. The third-order valence-electron chi connectivity index (χ3n) is 2.83. The Bertz CT molecular complexity index is 505. The molecule has 16 heavy (non-hydrogen) atoms. The van der Waals surface area contributed by atoms with Gasteiger partial charge in [0.15, 0.2) is 11.5 Å². The van der Waals surface area contributed by atoms with Gasteiger partial charge in [-0.2, -0.15) is 16.9 Å². The Morgan fingerprint density at radius 1 is 1.50 bits per heavy atom. The first-order valence-corrected chi connectivity index (χ1v) is 7.34. The zero-order valence-corrected chi connectivity index (χ0v) is 11.2. The van der Waals surface area contributed by atoms with Crippen LogP contribution in [0, 0.1) is 5.92 Å². The van der Waals surface area contributed by atoms with Crippen molar-refractivity contribution in [2.24, 2.45) is 5.92 Å². The molecule has 3 nitrogen and oxygen atoms in total. The number of fused-ring (bicyclic) bond motifs is 1. The predicted octanol–water partition coefficient (Wildman–Crippen LogP) is 2.79. The van der Waals surface area contributed by atoms with Gasteiger partial charge in [0.05, 0.1) is 0 Å². The first-order valence-electron chi connectivity index (χ1n) is 5.40. The largest absolute Gasteiger partial charge is 0.220 e. The first-order chi connectivity index (χ1) is 7.81. The summed E-state index contributed by atoms with van der Waals surface area (Å²) in [4.78, 5) is 4.54. The second kappa shape index (κ2) is 4.37. The van der Waals surface area contributed by atoms with Crippen LogP contribution in [0.2, 0.25) is 0 Å². The average Bonchev–Trinajstić information content (AvgIpc) is 2.86. The molecule has 1 fully saturated rings. The zero-order chi connectivity index (χ0) is 11.0. The van der Waals surface area contributed by atoms with Gasteiger partial charge in [-0.05, 0) is 51.9 Å². The molecule has 2 aromatic rings. The Kier molecular flexibility index (Phi) is 2.90. The minimum atomic E-state index is 0.769. The van der Waals surface area contributed by atoms with E-state index in [-0.39, 0.29) is 0 Å². The number of thioether (sulfide) groups is 1. The quantitative estimate of drug-likeness (QED) is 0.854. The van der Waals surface area contributed by atoms with E-state index in [1.807, 2.05) is 34.6 Å². The summed E-state index contributed by atoms with van der Waals surface area (Å²) in [5, 5.41) is 4.50. The van der Waals surface area contributed by atoms with Crippen molar-refractivity contribution < 1.29 is 0 Å². The summed E-state index contributed by atoms with van der Waals surface area (Å²) in [5.74, 6) is 4.31. The van der Waals surface area contributed by atoms with Crippen molar-refractivity contribution in [1.29, 1.82) is 0 Å². The number of pyridine rings is 1. The monoisotopic (exact) mass is 297 g/mol. The van der Waals surface area contributed by atoms with Gasteiger partial charge in [0.1, 0.15) is 0 Å². The molecule has 5 heteroatoms. The third-order valence-corrected chi connectivity index (χ3v) is 4.53. The van der Waals surface area contributed by atoms with Crippen LogP contribution in [0.1, 0.15) is 12.2 Å². The molecule has 84 valence electrons. The molecule has 0 spiro atoms. The second-order valence-corrected chi connectivity index (χ2v) is 6.18. The summed E-state index contributed by atoms with van der Waals surface area (Å²) in [5.41, 5.74) is 0.934. The molecule has 1 saturated heterocycles. The molecule has 3 rings (SSSR count). The molecule has 0 N–H and O–H groups in total. The molecule has 1 aliphatic heterocycles. The average molecular weight is 298 g/mol. The van der Waals surface area contributed by atoms with Gasteiger partial charge in [-0.15, -0.1) is 0 Å². The van der Waals surface area contributed by atoms with Crippen LogP contribution in [0.4, 0.5) is 0 Å². The molecular formula is C11H12BrN3S. The summed E-state index contributed by atoms with van der Waals surface area (Å²) in [6.45, 7) is 0. The molecule has 2 aromatic heterocycles. The van der Waals surface area contributed by atoms with Crippen LogP contribution in [-0.2, 0) is 6.42 Å². The topological polar surface area (TPSA) is 30.2 Å². The van der Waals surface area contributed by atoms with E-state index in [1.54, 1.807) is 0 Å². The molecular weight excluding hydrogens is 286 g/mol. The number of hydrogen-bond donors (Lipinski definition) is 0. The standard InChI is InChI=1S/C11H12BrN3S/c12-9-1-2-11-13-10(14-15(11)6-9)5-8-3-4-16-7-8/h1-2,6,8H,3-5,7H2. The van der Waals surface area contributed by atoms with E-state index in [2.05, 4.69) is 26.0 Å². The molecule has 0 radical (unpaired) electrons. The van der Waals surface area contributed by atoms with Crippen LogP contribution in [0.3, 0.4) is 0 Å². The van der Waals surface area contributed by atoms with Crippen LogP contribution in [0.5, 0.6) is 0 Å². The van der Waals surface area contributed by atoms with E-state index in [0.717, 1.165) is 28.3 Å². The normalized spacial score (nSPS) is 20.7. The van der Waals surface area contributed by atoms with E-state index in [1.165, 1.54) is 17.9 Å². The summed E-state index contributed by atoms with van der Waals surface area (Å²) >= 11 is 5.48. The number of aromatic nitrogens is 3. The van der Waals surface area contributed by atoms with Crippen LogP contribution in [0.25, 0.3) is 5.65 Å². The van der Waals surface area contributed by atoms with Crippen molar-refractivity contribution in [3.63, 3.8) is 0 Å². The highest BCUT2D eigenvalue weighted by molar-refractivity contribution is 9.10. The van der Waals surface area contributed by atoms with Crippen molar-refractivity contribution in [2.75, 3.05) is 11.5 Å². The number of rotatable bonds is 2. The SMILES string of the molecule is Brc1ccc2nc(CC3CCSC3)nn2c1. The van der Waals surface area contributed by atoms with Gasteiger partial charge in [0.25, 0.3) is 0 Å². The van der Waals surface area contributed by atoms with Gasteiger partial charge in [0, 0.05) is 17.1 Å². The lowest BCUT2D eigenvalue weighted by atomic mass is 10.1. The van der Waals surface area contributed by atoms with Gasteiger partial charge in [-0.3, -0.25) is 0 Å². The zero-order valence-electron chi connectivity index (χ0n) is 8.77. The van der Waals surface area contributed by atoms with E-state index >= 15 is 0 Å².